The first-order chi connectivity index (χ1) is 11.1. The summed E-state index contributed by atoms with van der Waals surface area (Å²) in [4.78, 5) is 12.2. The lowest BCUT2D eigenvalue weighted by Gasteiger charge is -2.13. The highest BCUT2D eigenvalue weighted by Crippen LogP contribution is 2.32. The Bertz CT molecular complexity index is 749. The quantitative estimate of drug-likeness (QED) is 0.942. The summed E-state index contributed by atoms with van der Waals surface area (Å²) in [6.45, 7) is 0.187. The van der Waals surface area contributed by atoms with E-state index < -0.39 is 17.7 Å². The van der Waals surface area contributed by atoms with E-state index in [1.807, 2.05) is 0 Å². The molecule has 3 rings (SSSR count). The van der Waals surface area contributed by atoms with Crippen LogP contribution in [0.15, 0.2) is 36.4 Å². The lowest BCUT2D eigenvalue weighted by Crippen LogP contribution is -2.34. The van der Waals surface area contributed by atoms with E-state index in [9.17, 15) is 13.6 Å². The zero-order chi connectivity index (χ0) is 16.4. The van der Waals surface area contributed by atoms with Crippen LogP contribution in [0.2, 0.25) is 0 Å². The molecule has 1 aliphatic heterocycles. The van der Waals surface area contributed by atoms with Crippen LogP contribution in [0.4, 0.5) is 8.78 Å². The number of nitrogens with one attached hydrogen (secondary N) is 1. The Balaban J connectivity index is 1.64. The molecule has 23 heavy (non-hydrogen) atoms. The Morgan fingerprint density at radius 3 is 2.91 bits per heavy atom. The minimum atomic E-state index is -0.724. The van der Waals surface area contributed by atoms with E-state index >= 15 is 0 Å². The van der Waals surface area contributed by atoms with Gasteiger partial charge in [0.1, 0.15) is 17.7 Å². The fourth-order valence-corrected chi connectivity index (χ4v) is 2.60. The number of rotatable bonds is 4. The Kier molecular flexibility index (Phi) is 4.14. The molecule has 0 bridgehead atoms. The molecule has 0 aromatic heterocycles. The fraction of sp³-hybridized carbons (Fsp3) is 0.235. The number of benzene rings is 2. The summed E-state index contributed by atoms with van der Waals surface area (Å²) in [6.07, 6.45) is -0.0871. The van der Waals surface area contributed by atoms with Crippen LogP contribution in [0.1, 0.15) is 15.9 Å². The molecular weight excluding hydrogens is 304 g/mol. The molecule has 1 amide bonds. The van der Waals surface area contributed by atoms with Crippen LogP contribution in [-0.2, 0) is 6.42 Å². The monoisotopic (exact) mass is 319 g/mol. The first kappa shape index (κ1) is 15.3. The molecule has 1 atom stereocenters. The van der Waals surface area contributed by atoms with Gasteiger partial charge in [-0.05, 0) is 18.2 Å². The summed E-state index contributed by atoms with van der Waals surface area (Å²) in [7, 11) is 1.49. The summed E-state index contributed by atoms with van der Waals surface area (Å²) < 4.78 is 37.4. The molecule has 0 fully saturated rings. The molecule has 120 valence electrons. The standard InChI is InChI=1S/C17H15F2NO3/c1-22-15-5-3-2-4-13(15)17(21)20-9-12-7-10-6-11(18)8-14(19)16(10)23-12/h2-6,8,12H,7,9H2,1H3,(H,20,21)/t12-/m1/s1. The predicted molar refractivity (Wildman–Crippen MR) is 79.8 cm³/mol. The van der Waals surface area contributed by atoms with Gasteiger partial charge in [0.05, 0.1) is 19.2 Å². The third-order valence-electron chi connectivity index (χ3n) is 3.66. The topological polar surface area (TPSA) is 47.6 Å². The van der Waals surface area contributed by atoms with Gasteiger partial charge in [0, 0.05) is 18.1 Å². The number of hydrogen-bond acceptors (Lipinski definition) is 3. The molecule has 1 heterocycles. The Morgan fingerprint density at radius 2 is 2.13 bits per heavy atom. The van der Waals surface area contributed by atoms with Gasteiger partial charge in [-0.1, -0.05) is 12.1 Å². The Hall–Kier alpha value is -2.63. The maximum Gasteiger partial charge on any atom is 0.255 e. The van der Waals surface area contributed by atoms with E-state index in [4.69, 9.17) is 9.47 Å². The summed E-state index contributed by atoms with van der Waals surface area (Å²) in [5.74, 6) is -1.15. The van der Waals surface area contributed by atoms with Crippen LogP contribution in [0.5, 0.6) is 11.5 Å². The number of fused-ring (bicyclic) bond motifs is 1. The van der Waals surface area contributed by atoms with Crippen LogP contribution in [0, 0.1) is 11.6 Å². The third kappa shape index (κ3) is 3.11. The maximum absolute atomic E-state index is 13.6. The van der Waals surface area contributed by atoms with Crippen molar-refractivity contribution in [1.82, 2.24) is 5.32 Å². The highest BCUT2D eigenvalue weighted by molar-refractivity contribution is 5.96. The largest absolute Gasteiger partial charge is 0.496 e. The Morgan fingerprint density at radius 1 is 1.35 bits per heavy atom. The second-order valence-corrected chi connectivity index (χ2v) is 5.23. The lowest BCUT2D eigenvalue weighted by molar-refractivity contribution is 0.0930. The number of methoxy groups -OCH3 is 1. The molecular formula is C17H15F2NO3. The highest BCUT2D eigenvalue weighted by Gasteiger charge is 2.27. The first-order valence-electron chi connectivity index (χ1n) is 7.14. The molecule has 0 aliphatic carbocycles. The number of para-hydroxylation sites is 1. The molecule has 0 saturated carbocycles. The average molecular weight is 319 g/mol. The number of ether oxygens (including phenoxy) is 2. The molecule has 4 nitrogen and oxygen atoms in total. The minimum absolute atomic E-state index is 0.0583. The van der Waals surface area contributed by atoms with Crippen molar-refractivity contribution in [3.8, 4) is 11.5 Å². The van der Waals surface area contributed by atoms with E-state index in [1.165, 1.54) is 13.2 Å². The van der Waals surface area contributed by atoms with E-state index in [-0.39, 0.29) is 18.2 Å². The molecule has 0 unspecified atom stereocenters. The molecule has 2 aromatic carbocycles. The summed E-state index contributed by atoms with van der Waals surface area (Å²) >= 11 is 0. The van der Waals surface area contributed by atoms with Gasteiger partial charge in [-0.15, -0.1) is 0 Å². The maximum atomic E-state index is 13.6. The van der Waals surface area contributed by atoms with Crippen molar-refractivity contribution in [3.05, 3.63) is 59.2 Å². The van der Waals surface area contributed by atoms with Crippen molar-refractivity contribution in [2.75, 3.05) is 13.7 Å². The van der Waals surface area contributed by atoms with Crippen LogP contribution in [-0.4, -0.2) is 25.7 Å². The van der Waals surface area contributed by atoms with Crippen molar-refractivity contribution >= 4 is 5.91 Å². The normalized spacial score (nSPS) is 15.7. The van der Waals surface area contributed by atoms with Crippen LogP contribution >= 0.6 is 0 Å². The first-order valence-corrected chi connectivity index (χ1v) is 7.14. The molecule has 0 spiro atoms. The minimum Gasteiger partial charge on any atom is -0.496 e. The summed E-state index contributed by atoms with van der Waals surface area (Å²) in [6, 6.07) is 8.87. The van der Waals surface area contributed by atoms with Gasteiger partial charge in [0.25, 0.3) is 5.91 Å². The van der Waals surface area contributed by atoms with E-state index in [1.54, 1.807) is 24.3 Å². The third-order valence-corrected chi connectivity index (χ3v) is 3.66. The van der Waals surface area contributed by atoms with E-state index in [0.29, 0.717) is 23.3 Å². The van der Waals surface area contributed by atoms with Gasteiger partial charge >= 0.3 is 0 Å². The summed E-state index contributed by atoms with van der Waals surface area (Å²) in [5, 5.41) is 2.72. The molecule has 1 aliphatic rings. The van der Waals surface area contributed by atoms with Crippen molar-refractivity contribution in [1.29, 1.82) is 0 Å². The van der Waals surface area contributed by atoms with Gasteiger partial charge in [-0.25, -0.2) is 8.78 Å². The lowest BCUT2D eigenvalue weighted by atomic mass is 10.1. The van der Waals surface area contributed by atoms with Gasteiger partial charge in [0.2, 0.25) is 0 Å². The van der Waals surface area contributed by atoms with Crippen LogP contribution in [0.25, 0.3) is 0 Å². The second-order valence-electron chi connectivity index (χ2n) is 5.23. The molecule has 6 heteroatoms. The van der Waals surface area contributed by atoms with Gasteiger partial charge < -0.3 is 14.8 Å². The fourth-order valence-electron chi connectivity index (χ4n) is 2.60. The molecule has 2 aromatic rings. The summed E-state index contributed by atoms with van der Waals surface area (Å²) in [5.41, 5.74) is 0.877. The number of hydrogen-bond donors (Lipinski definition) is 1. The second kappa shape index (κ2) is 6.24. The van der Waals surface area contributed by atoms with Crippen molar-refractivity contribution in [2.45, 2.75) is 12.5 Å². The van der Waals surface area contributed by atoms with Gasteiger partial charge in [-0.3, -0.25) is 4.79 Å². The van der Waals surface area contributed by atoms with Gasteiger partial charge in [0.15, 0.2) is 11.6 Å². The average Bonchev–Trinajstić information content (AvgIpc) is 2.95. The van der Waals surface area contributed by atoms with Crippen molar-refractivity contribution in [3.63, 3.8) is 0 Å². The van der Waals surface area contributed by atoms with E-state index in [0.717, 1.165) is 6.07 Å². The zero-order valence-corrected chi connectivity index (χ0v) is 12.4. The molecule has 0 saturated heterocycles. The molecule has 0 radical (unpaired) electrons. The smallest absolute Gasteiger partial charge is 0.255 e. The van der Waals surface area contributed by atoms with E-state index in [2.05, 4.69) is 5.32 Å². The SMILES string of the molecule is COc1ccccc1C(=O)NC[C@H]1Cc2cc(F)cc(F)c2O1. The number of halogens is 2. The number of carbonyl (C=O) groups excluding carboxylic acids is 1. The van der Waals surface area contributed by atoms with Gasteiger partial charge in [-0.2, -0.15) is 0 Å². The van der Waals surface area contributed by atoms with Crippen molar-refractivity contribution < 1.29 is 23.0 Å². The number of carbonyl (C=O) groups is 1. The van der Waals surface area contributed by atoms with Crippen LogP contribution in [0.3, 0.4) is 0 Å². The zero-order valence-electron chi connectivity index (χ0n) is 12.4. The van der Waals surface area contributed by atoms with Crippen molar-refractivity contribution in [2.24, 2.45) is 0 Å². The molecule has 1 N–H and O–H groups in total. The van der Waals surface area contributed by atoms with Crippen LogP contribution < -0.4 is 14.8 Å². The Labute approximate surface area is 132 Å². The predicted octanol–water partition coefficient (Wildman–Crippen LogP) is 2.71. The number of amides is 1. The highest BCUT2D eigenvalue weighted by atomic mass is 19.1.